The van der Waals surface area contributed by atoms with Crippen LogP contribution in [-0.2, 0) is 21.5 Å². The number of aryl methyl sites for hydroxylation is 1. The van der Waals surface area contributed by atoms with Gasteiger partial charge >= 0.3 is 11.6 Å². The molecule has 0 fully saturated rings. The monoisotopic (exact) mass is 591 g/mol. The number of allylic oxidation sites excluding steroid dienone is 4. The number of halogens is 1. The Labute approximate surface area is 234 Å². The van der Waals surface area contributed by atoms with Gasteiger partial charge in [0.2, 0.25) is 10.6 Å². The Bertz CT molecular complexity index is 1660. The number of oxazole rings is 1. The first-order chi connectivity index (χ1) is 18.7. The number of carboxylic acid groups (broad SMARTS) is 1. The van der Waals surface area contributed by atoms with Crippen LogP contribution in [0.2, 0.25) is 5.02 Å². The minimum Gasteiger partial charge on any atom is -0.481 e. The van der Waals surface area contributed by atoms with Gasteiger partial charge in [-0.25, -0.2) is 4.57 Å². The number of fused-ring (bicyclic) bond motifs is 2. The molecule has 0 radical (unpaired) electrons. The lowest BCUT2D eigenvalue weighted by atomic mass is 10.2. The summed E-state index contributed by atoms with van der Waals surface area (Å²) in [5, 5.41) is 10.0. The van der Waals surface area contributed by atoms with Gasteiger partial charge in [-0.15, -0.1) is 0 Å². The van der Waals surface area contributed by atoms with E-state index in [1.807, 2.05) is 53.6 Å². The van der Waals surface area contributed by atoms with Crippen molar-refractivity contribution in [1.82, 2.24) is 9.97 Å². The van der Waals surface area contributed by atoms with Crippen molar-refractivity contribution in [3.05, 3.63) is 63.8 Å². The average molecular weight is 592 g/mol. The maximum Gasteiger partial charge on any atom is 0.342 e. The predicted octanol–water partition coefficient (Wildman–Crippen LogP) is 3.31. The molecule has 1 aliphatic rings. The number of pyridine rings is 1. The highest BCUT2D eigenvalue weighted by molar-refractivity contribution is 7.85. The fourth-order valence-electron chi connectivity index (χ4n) is 3.96. The van der Waals surface area contributed by atoms with E-state index in [2.05, 4.69) is 9.97 Å². The van der Waals surface area contributed by atoms with E-state index in [9.17, 15) is 13.2 Å². The molecule has 4 rings (SSSR count). The van der Waals surface area contributed by atoms with Crippen molar-refractivity contribution in [2.75, 3.05) is 17.2 Å². The minimum absolute atomic E-state index is 0.186. The molecule has 3 aromatic heterocycles. The second-order valence-corrected chi connectivity index (χ2v) is 11.9. The van der Waals surface area contributed by atoms with E-state index in [1.54, 1.807) is 16.8 Å². The number of carbonyl (C=O) groups is 1. The summed E-state index contributed by atoms with van der Waals surface area (Å²) in [7, 11) is -4.02. The Balaban J connectivity index is 1.38. The van der Waals surface area contributed by atoms with Crippen molar-refractivity contribution < 1.29 is 31.9 Å². The summed E-state index contributed by atoms with van der Waals surface area (Å²) in [6.45, 7) is 1.09. The number of carboxylic acids is 1. The van der Waals surface area contributed by atoms with Crippen LogP contribution in [0.4, 0.5) is 5.82 Å². The third kappa shape index (κ3) is 8.59. The van der Waals surface area contributed by atoms with Gasteiger partial charge in [-0.2, -0.15) is 13.4 Å². The summed E-state index contributed by atoms with van der Waals surface area (Å²) in [4.78, 5) is 21.9. The van der Waals surface area contributed by atoms with Crippen LogP contribution < -0.4 is 20.4 Å². The second-order valence-electron chi connectivity index (χ2n) is 8.79. The van der Waals surface area contributed by atoms with Crippen LogP contribution in [0.25, 0.3) is 28.6 Å². The first kappa shape index (κ1) is 28.7. The van der Waals surface area contributed by atoms with Gasteiger partial charge in [-0.1, -0.05) is 47.6 Å². The Morgan fingerprint density at radius 2 is 2.03 bits per heavy atom. The smallest absolute Gasteiger partial charge is 0.342 e. The highest BCUT2D eigenvalue weighted by atomic mass is 35.5. The maximum absolute atomic E-state index is 11.0. The molecule has 0 aromatic carbocycles. The molecule has 0 amide bonds. The molecule has 2 N–H and O–H groups in total. The lowest BCUT2D eigenvalue weighted by molar-refractivity contribution is -0.672. The van der Waals surface area contributed by atoms with Crippen molar-refractivity contribution in [3.63, 3.8) is 0 Å². The first-order valence-electron chi connectivity index (χ1n) is 12.3. The standard InChI is InChI=1S/C26H27ClN4O6S2/c27-19-17-21-26(31(18-19)15-8-16-39(34,35)36)29-23(38-21)11-4-1-3-10-22-28-25-20(37-22)9-7-14-30(25)13-6-2-5-12-24(32)33/h1,3-4,7,9-11,14,17-18H,2,5-6,8,12-13,15-16H2,(H-,32,33,34,35,36)/p+1. The number of hydrogen-bond donors (Lipinski definition) is 2. The molecule has 0 aliphatic carbocycles. The van der Waals surface area contributed by atoms with Gasteiger partial charge in [0.15, 0.2) is 11.2 Å². The van der Waals surface area contributed by atoms with Crippen LogP contribution in [0.3, 0.4) is 0 Å². The van der Waals surface area contributed by atoms with Gasteiger partial charge in [0.1, 0.15) is 10.9 Å². The Hall–Kier alpha value is -3.32. The molecule has 13 heteroatoms. The second kappa shape index (κ2) is 13.2. The lowest BCUT2D eigenvalue weighted by Crippen LogP contribution is -2.35. The average Bonchev–Trinajstić information content (AvgIpc) is 3.46. The summed E-state index contributed by atoms with van der Waals surface area (Å²) in [6.07, 6.45) is 19.3. The Kier molecular flexibility index (Phi) is 9.68. The maximum atomic E-state index is 11.0. The van der Waals surface area contributed by atoms with Crippen LogP contribution in [0, 0.1) is 0 Å². The number of hydrogen-bond acceptors (Lipinski definition) is 8. The largest absolute Gasteiger partial charge is 0.481 e. The zero-order chi connectivity index (χ0) is 27.8. The fourth-order valence-corrected chi connectivity index (χ4v) is 5.69. The predicted molar refractivity (Wildman–Crippen MR) is 151 cm³/mol. The number of unbranched alkanes of at least 4 members (excludes halogenated alkanes) is 2. The normalized spacial score (nSPS) is 14.1. The molecule has 1 aliphatic heterocycles. The van der Waals surface area contributed by atoms with Crippen LogP contribution in [0.1, 0.15) is 37.1 Å². The fraction of sp³-hybridized carbons (Fsp3) is 0.308. The molecule has 4 heterocycles. The highest BCUT2D eigenvalue weighted by Gasteiger charge is 2.18. The molecule has 0 unspecified atom stereocenters. The van der Waals surface area contributed by atoms with Crippen LogP contribution >= 0.6 is 22.9 Å². The molecular weight excluding hydrogens is 564 g/mol. The number of thiazole rings is 1. The molecular formula is C26H28ClN4O6S2+. The van der Waals surface area contributed by atoms with E-state index in [1.165, 1.54) is 11.3 Å². The van der Waals surface area contributed by atoms with Crippen molar-refractivity contribution in [1.29, 1.82) is 0 Å². The van der Waals surface area contributed by atoms with Crippen molar-refractivity contribution in [3.8, 4) is 0 Å². The van der Waals surface area contributed by atoms with Gasteiger partial charge in [0.05, 0.1) is 17.3 Å². The lowest BCUT2D eigenvalue weighted by Gasteiger charge is -2.18. The van der Waals surface area contributed by atoms with E-state index in [0.717, 1.165) is 34.9 Å². The Morgan fingerprint density at radius 1 is 1.18 bits per heavy atom. The highest BCUT2D eigenvalue weighted by Crippen LogP contribution is 2.23. The van der Waals surface area contributed by atoms with E-state index in [0.29, 0.717) is 34.6 Å². The number of rotatable bonds is 13. The van der Waals surface area contributed by atoms with E-state index in [4.69, 9.17) is 25.7 Å². The third-order valence-corrected chi connectivity index (χ3v) is 7.67. The molecule has 3 aromatic rings. The van der Waals surface area contributed by atoms with Gasteiger partial charge in [0, 0.05) is 37.7 Å². The Morgan fingerprint density at radius 3 is 2.82 bits per heavy atom. The molecule has 39 heavy (non-hydrogen) atoms. The van der Waals surface area contributed by atoms with Crippen molar-refractivity contribution in [2.24, 2.45) is 0 Å². The van der Waals surface area contributed by atoms with E-state index < -0.39 is 16.1 Å². The molecule has 0 saturated carbocycles. The number of nitrogens with zero attached hydrogens (tertiary/aromatic N) is 4. The molecule has 206 valence electrons. The summed E-state index contributed by atoms with van der Waals surface area (Å²) >= 11 is 7.67. The molecule has 10 nitrogen and oxygen atoms in total. The molecule has 0 saturated heterocycles. The SMILES string of the molecule is O=C(O)CCCCCN1C=CC=c2o/c(=C/C=C/C=C/c3nc4c(cc(Cl)c[n+]4CCCS(=O)(=O)O)s3)nc21. The summed E-state index contributed by atoms with van der Waals surface area (Å²) < 4.78 is 39.5. The number of anilines is 1. The van der Waals surface area contributed by atoms with Crippen LogP contribution in [0.5, 0.6) is 0 Å². The topological polar surface area (TPSA) is 138 Å². The third-order valence-electron chi connectivity index (χ3n) is 5.70. The summed E-state index contributed by atoms with van der Waals surface area (Å²) in [5.74, 6) is -0.362. The van der Waals surface area contributed by atoms with Gasteiger partial charge in [-0.3, -0.25) is 9.35 Å². The number of aliphatic carboxylic acids is 1. The zero-order valence-corrected chi connectivity index (χ0v) is 23.3. The van der Waals surface area contributed by atoms with Gasteiger partial charge < -0.3 is 14.4 Å². The first-order valence-corrected chi connectivity index (χ1v) is 15.1. The van der Waals surface area contributed by atoms with Gasteiger partial charge in [0.25, 0.3) is 10.1 Å². The van der Waals surface area contributed by atoms with Crippen molar-refractivity contribution in [2.45, 2.75) is 38.6 Å². The van der Waals surface area contributed by atoms with Crippen LogP contribution in [0.15, 0.2) is 47.2 Å². The van der Waals surface area contributed by atoms with Gasteiger partial charge in [-0.05, 0) is 36.0 Å². The molecule has 0 atom stereocenters. The van der Waals surface area contributed by atoms with Crippen molar-refractivity contribution >= 4 is 73.4 Å². The van der Waals surface area contributed by atoms with E-state index >= 15 is 0 Å². The summed E-state index contributed by atoms with van der Waals surface area (Å²) in [5.41, 5.74) is 1.84. The molecule has 0 bridgehead atoms. The zero-order valence-electron chi connectivity index (χ0n) is 20.9. The summed E-state index contributed by atoms with van der Waals surface area (Å²) in [6, 6.07) is 1.81. The van der Waals surface area contributed by atoms with Crippen LogP contribution in [-0.4, -0.2) is 46.3 Å². The quantitative estimate of drug-likeness (QED) is 0.133. The van der Waals surface area contributed by atoms with E-state index in [-0.39, 0.29) is 18.6 Å². The minimum atomic E-state index is -4.02. The number of aromatic nitrogens is 3. The molecule has 0 spiro atoms.